The third-order valence-electron chi connectivity index (χ3n) is 2.97. The molecular weight excluding hydrogens is 198 g/mol. The Bertz CT molecular complexity index is 300. The SMILES string of the molecule is CC1(C(=O)O)CN(C(=O)C2CC2)CCO1. The zero-order valence-electron chi connectivity index (χ0n) is 8.73. The van der Waals surface area contributed by atoms with Crippen molar-refractivity contribution < 1.29 is 19.4 Å². The molecule has 1 N–H and O–H groups in total. The van der Waals surface area contributed by atoms with E-state index in [4.69, 9.17) is 9.84 Å². The Balaban J connectivity index is 2.03. The van der Waals surface area contributed by atoms with E-state index in [-0.39, 0.29) is 18.4 Å². The quantitative estimate of drug-likeness (QED) is 0.706. The van der Waals surface area contributed by atoms with Crippen molar-refractivity contribution >= 4 is 11.9 Å². The number of aliphatic carboxylic acids is 1. The van der Waals surface area contributed by atoms with E-state index < -0.39 is 11.6 Å². The minimum Gasteiger partial charge on any atom is -0.479 e. The molecule has 2 rings (SSSR count). The first-order valence-corrected chi connectivity index (χ1v) is 5.19. The first-order chi connectivity index (χ1) is 7.03. The fourth-order valence-corrected chi connectivity index (χ4v) is 1.78. The Hall–Kier alpha value is -1.10. The highest BCUT2D eigenvalue weighted by Gasteiger charge is 2.43. The highest BCUT2D eigenvalue weighted by Crippen LogP contribution is 2.32. The van der Waals surface area contributed by atoms with Crippen LogP contribution in [0.15, 0.2) is 0 Å². The summed E-state index contributed by atoms with van der Waals surface area (Å²) in [5.74, 6) is -0.775. The monoisotopic (exact) mass is 213 g/mol. The van der Waals surface area contributed by atoms with Crippen LogP contribution in [0, 0.1) is 5.92 Å². The maximum absolute atomic E-state index is 11.7. The topological polar surface area (TPSA) is 66.8 Å². The number of nitrogens with zero attached hydrogens (tertiary/aromatic N) is 1. The van der Waals surface area contributed by atoms with Crippen LogP contribution in [0.1, 0.15) is 19.8 Å². The Kier molecular flexibility index (Phi) is 2.42. The number of carboxylic acids is 1. The van der Waals surface area contributed by atoms with E-state index in [1.54, 1.807) is 4.90 Å². The molecule has 84 valence electrons. The van der Waals surface area contributed by atoms with Crippen LogP contribution in [0.25, 0.3) is 0 Å². The Morgan fingerprint density at radius 2 is 2.13 bits per heavy atom. The first-order valence-electron chi connectivity index (χ1n) is 5.19. The van der Waals surface area contributed by atoms with Gasteiger partial charge in [0.2, 0.25) is 5.91 Å². The number of ether oxygens (including phenoxy) is 1. The molecule has 2 aliphatic rings. The molecule has 15 heavy (non-hydrogen) atoms. The average molecular weight is 213 g/mol. The number of carbonyl (C=O) groups excluding carboxylic acids is 1. The van der Waals surface area contributed by atoms with Crippen LogP contribution < -0.4 is 0 Å². The van der Waals surface area contributed by atoms with Gasteiger partial charge in [0.1, 0.15) is 0 Å². The summed E-state index contributed by atoms with van der Waals surface area (Å²) in [6, 6.07) is 0. The molecule has 0 radical (unpaired) electrons. The number of rotatable bonds is 2. The predicted molar refractivity (Wildman–Crippen MR) is 51.3 cm³/mol. The normalized spacial score (nSPS) is 31.4. The molecular formula is C10H15NO4. The van der Waals surface area contributed by atoms with Crippen molar-refractivity contribution in [3.05, 3.63) is 0 Å². The molecule has 0 aromatic carbocycles. The van der Waals surface area contributed by atoms with Crippen LogP contribution in [0.5, 0.6) is 0 Å². The van der Waals surface area contributed by atoms with Gasteiger partial charge in [-0.15, -0.1) is 0 Å². The Morgan fingerprint density at radius 3 is 2.67 bits per heavy atom. The van der Waals surface area contributed by atoms with E-state index in [0.717, 1.165) is 12.8 Å². The molecule has 0 aromatic heterocycles. The molecule has 2 fully saturated rings. The van der Waals surface area contributed by atoms with Crippen molar-refractivity contribution in [3.63, 3.8) is 0 Å². The number of hydrogen-bond donors (Lipinski definition) is 1. The lowest BCUT2D eigenvalue weighted by Gasteiger charge is -2.37. The van der Waals surface area contributed by atoms with Crippen molar-refractivity contribution in [1.82, 2.24) is 4.90 Å². The van der Waals surface area contributed by atoms with Gasteiger partial charge in [0.15, 0.2) is 5.60 Å². The molecule has 5 heteroatoms. The Labute approximate surface area is 88.0 Å². The summed E-state index contributed by atoms with van der Waals surface area (Å²) in [4.78, 5) is 24.3. The second kappa shape index (κ2) is 3.48. The third-order valence-corrected chi connectivity index (χ3v) is 2.97. The lowest BCUT2D eigenvalue weighted by atomic mass is 10.0. The summed E-state index contributed by atoms with van der Waals surface area (Å²) in [6.07, 6.45) is 1.89. The highest BCUT2D eigenvalue weighted by atomic mass is 16.5. The van der Waals surface area contributed by atoms with Crippen LogP contribution in [0.2, 0.25) is 0 Å². The van der Waals surface area contributed by atoms with Crippen molar-refractivity contribution in [3.8, 4) is 0 Å². The van der Waals surface area contributed by atoms with E-state index in [2.05, 4.69) is 0 Å². The minimum absolute atomic E-state index is 0.0887. The van der Waals surface area contributed by atoms with Crippen LogP contribution >= 0.6 is 0 Å². The predicted octanol–water partition coefficient (Wildman–Crippen LogP) is 0.0985. The molecule has 1 heterocycles. The molecule has 1 saturated carbocycles. The number of carboxylic acid groups (broad SMARTS) is 1. The lowest BCUT2D eigenvalue weighted by molar-refractivity contribution is -0.177. The number of amides is 1. The van der Waals surface area contributed by atoms with E-state index >= 15 is 0 Å². The van der Waals surface area contributed by atoms with Crippen molar-refractivity contribution in [1.29, 1.82) is 0 Å². The van der Waals surface area contributed by atoms with Gasteiger partial charge < -0.3 is 14.7 Å². The van der Waals surface area contributed by atoms with Gasteiger partial charge in [0.05, 0.1) is 13.2 Å². The lowest BCUT2D eigenvalue weighted by Crippen LogP contribution is -2.56. The van der Waals surface area contributed by atoms with Gasteiger partial charge in [-0.3, -0.25) is 4.79 Å². The second-order valence-corrected chi connectivity index (χ2v) is 4.42. The van der Waals surface area contributed by atoms with Gasteiger partial charge in [-0.2, -0.15) is 0 Å². The molecule has 5 nitrogen and oxygen atoms in total. The molecule has 1 aliphatic carbocycles. The van der Waals surface area contributed by atoms with E-state index in [1.807, 2.05) is 0 Å². The zero-order chi connectivity index (χ0) is 11.1. The number of carbonyl (C=O) groups is 2. The van der Waals surface area contributed by atoms with Gasteiger partial charge in [-0.1, -0.05) is 0 Å². The summed E-state index contributed by atoms with van der Waals surface area (Å²) >= 11 is 0. The molecule has 1 unspecified atom stereocenters. The minimum atomic E-state index is -1.23. The van der Waals surface area contributed by atoms with E-state index in [1.165, 1.54) is 6.92 Å². The molecule has 0 bridgehead atoms. The molecule has 1 aliphatic heterocycles. The molecule has 1 amide bonds. The fourth-order valence-electron chi connectivity index (χ4n) is 1.78. The summed E-state index contributed by atoms with van der Waals surface area (Å²) in [5.41, 5.74) is -1.23. The van der Waals surface area contributed by atoms with Gasteiger partial charge >= 0.3 is 5.97 Å². The summed E-state index contributed by atoms with van der Waals surface area (Å²) < 4.78 is 5.21. The second-order valence-electron chi connectivity index (χ2n) is 4.42. The highest BCUT2D eigenvalue weighted by molar-refractivity contribution is 5.83. The van der Waals surface area contributed by atoms with Gasteiger partial charge in [-0.05, 0) is 19.8 Å². The molecule has 0 aromatic rings. The molecule has 1 atom stereocenters. The van der Waals surface area contributed by atoms with Gasteiger partial charge in [0.25, 0.3) is 0 Å². The smallest absolute Gasteiger partial charge is 0.337 e. The van der Waals surface area contributed by atoms with Crippen molar-refractivity contribution in [2.24, 2.45) is 5.92 Å². The van der Waals surface area contributed by atoms with Crippen LogP contribution in [0.3, 0.4) is 0 Å². The maximum atomic E-state index is 11.7. The maximum Gasteiger partial charge on any atom is 0.337 e. The summed E-state index contributed by atoms with van der Waals surface area (Å²) in [7, 11) is 0. The third kappa shape index (κ3) is 1.97. The van der Waals surface area contributed by atoms with Gasteiger partial charge in [0, 0.05) is 12.5 Å². The molecule has 1 saturated heterocycles. The zero-order valence-corrected chi connectivity index (χ0v) is 8.73. The van der Waals surface area contributed by atoms with Crippen LogP contribution in [-0.2, 0) is 14.3 Å². The van der Waals surface area contributed by atoms with E-state index in [9.17, 15) is 9.59 Å². The van der Waals surface area contributed by atoms with Crippen LogP contribution in [0.4, 0.5) is 0 Å². The van der Waals surface area contributed by atoms with Crippen LogP contribution in [-0.4, -0.2) is 47.2 Å². The first kappa shape index (κ1) is 10.4. The van der Waals surface area contributed by atoms with Crippen molar-refractivity contribution in [2.45, 2.75) is 25.4 Å². The van der Waals surface area contributed by atoms with Gasteiger partial charge in [-0.25, -0.2) is 4.79 Å². The largest absolute Gasteiger partial charge is 0.479 e. The van der Waals surface area contributed by atoms with E-state index in [0.29, 0.717) is 13.2 Å². The molecule has 0 spiro atoms. The average Bonchev–Trinajstić information content (AvgIpc) is 3.00. The fraction of sp³-hybridized carbons (Fsp3) is 0.800. The standard InChI is InChI=1S/C10H15NO4/c1-10(9(13)14)6-11(4-5-15-10)8(12)7-2-3-7/h7H,2-6H2,1H3,(H,13,14). The summed E-state index contributed by atoms with van der Waals surface area (Å²) in [6.45, 7) is 2.50. The summed E-state index contributed by atoms with van der Waals surface area (Å²) in [5, 5.41) is 8.99. The Morgan fingerprint density at radius 1 is 1.47 bits per heavy atom. The van der Waals surface area contributed by atoms with Crippen molar-refractivity contribution in [2.75, 3.05) is 19.7 Å². The number of hydrogen-bond acceptors (Lipinski definition) is 3. The number of morpholine rings is 1.